The molecule has 1 aromatic heterocycles. The number of carbonyl (C=O) groups is 2. The van der Waals surface area contributed by atoms with E-state index in [2.05, 4.69) is 10.3 Å². The summed E-state index contributed by atoms with van der Waals surface area (Å²) in [4.78, 5) is 29.4. The highest BCUT2D eigenvalue weighted by Crippen LogP contribution is 2.30. The van der Waals surface area contributed by atoms with Crippen LogP contribution in [0.25, 0.3) is 0 Å². The smallest absolute Gasteiger partial charge is 0.245 e. The number of amides is 1. The summed E-state index contributed by atoms with van der Waals surface area (Å²) in [7, 11) is 0. The summed E-state index contributed by atoms with van der Waals surface area (Å²) in [6.45, 7) is 5.15. The fourth-order valence-electron chi connectivity index (χ4n) is 1.93. The Morgan fingerprint density at radius 2 is 2.40 bits per heavy atom. The highest BCUT2D eigenvalue weighted by Gasteiger charge is 2.32. The minimum Gasteiger partial charge on any atom is -0.377 e. The van der Waals surface area contributed by atoms with Gasteiger partial charge in [0.2, 0.25) is 5.91 Å². The number of anilines is 1. The number of carbonyl (C=O) groups excluding carboxylic acids is 2. The second-order valence-corrected chi connectivity index (χ2v) is 6.08. The molecular formula is C12H16ClN3O3S. The van der Waals surface area contributed by atoms with Gasteiger partial charge in [0.1, 0.15) is 10.9 Å². The molecule has 0 saturated carbocycles. The summed E-state index contributed by atoms with van der Waals surface area (Å²) in [6, 6.07) is -0.399. The number of hydrogen-bond donors (Lipinski definition) is 1. The third-order valence-corrected chi connectivity index (χ3v) is 4.23. The third-order valence-electron chi connectivity index (χ3n) is 2.81. The van der Waals surface area contributed by atoms with E-state index in [0.29, 0.717) is 36.1 Å². The zero-order valence-electron chi connectivity index (χ0n) is 11.3. The number of hydrogen-bond acceptors (Lipinski definition) is 6. The van der Waals surface area contributed by atoms with Crippen molar-refractivity contribution in [3.05, 3.63) is 10.0 Å². The van der Waals surface area contributed by atoms with Crippen molar-refractivity contribution in [2.24, 2.45) is 0 Å². The van der Waals surface area contributed by atoms with E-state index in [0.717, 1.165) is 0 Å². The van der Waals surface area contributed by atoms with Crippen LogP contribution in [0.4, 0.5) is 5.13 Å². The van der Waals surface area contributed by atoms with Crippen molar-refractivity contribution < 1.29 is 14.3 Å². The van der Waals surface area contributed by atoms with Gasteiger partial charge in [0.15, 0.2) is 16.6 Å². The van der Waals surface area contributed by atoms with Crippen molar-refractivity contribution >= 4 is 40.3 Å². The Balaban J connectivity index is 2.21. The van der Waals surface area contributed by atoms with Crippen molar-refractivity contribution in [3.8, 4) is 0 Å². The zero-order valence-corrected chi connectivity index (χ0v) is 12.8. The van der Waals surface area contributed by atoms with Crippen LogP contribution in [0.15, 0.2) is 0 Å². The van der Waals surface area contributed by atoms with Crippen LogP contribution >= 0.6 is 22.9 Å². The van der Waals surface area contributed by atoms with E-state index in [-0.39, 0.29) is 17.1 Å². The van der Waals surface area contributed by atoms with Crippen molar-refractivity contribution in [2.75, 3.05) is 24.7 Å². The minimum absolute atomic E-state index is 0.0525. The molecule has 0 spiro atoms. The van der Waals surface area contributed by atoms with E-state index in [4.69, 9.17) is 16.3 Å². The van der Waals surface area contributed by atoms with Crippen LogP contribution in [0.5, 0.6) is 0 Å². The molecule has 8 heteroatoms. The maximum atomic E-state index is 12.2. The Bertz CT molecular complexity index is 506. The zero-order chi connectivity index (χ0) is 14.7. The van der Waals surface area contributed by atoms with Gasteiger partial charge in [0.05, 0.1) is 13.2 Å². The monoisotopic (exact) mass is 317 g/mol. The average molecular weight is 318 g/mol. The van der Waals surface area contributed by atoms with Crippen molar-refractivity contribution in [2.45, 2.75) is 25.9 Å². The standard InChI is InChI=1S/C12H16ClN3O3S/c1-7(2)14-11(18)8-6-19-4-3-16(8)12-15-10(13)9(5-17)20-12/h5,7-8H,3-4,6H2,1-2H3,(H,14,18). The predicted molar refractivity (Wildman–Crippen MR) is 77.7 cm³/mol. The molecule has 1 unspecified atom stereocenters. The fraction of sp³-hybridized carbons (Fsp3) is 0.583. The van der Waals surface area contributed by atoms with E-state index in [1.807, 2.05) is 18.7 Å². The molecule has 20 heavy (non-hydrogen) atoms. The topological polar surface area (TPSA) is 71.5 Å². The third kappa shape index (κ3) is 3.28. The van der Waals surface area contributed by atoms with Crippen molar-refractivity contribution in [1.82, 2.24) is 10.3 Å². The molecule has 1 N–H and O–H groups in total. The molecule has 110 valence electrons. The molecule has 1 aromatic rings. The Morgan fingerprint density at radius 1 is 1.65 bits per heavy atom. The Morgan fingerprint density at radius 3 is 3.00 bits per heavy atom. The molecule has 0 bridgehead atoms. The van der Waals surface area contributed by atoms with Gasteiger partial charge in [-0.05, 0) is 13.8 Å². The van der Waals surface area contributed by atoms with Crippen LogP contribution in [-0.2, 0) is 9.53 Å². The highest BCUT2D eigenvalue weighted by molar-refractivity contribution is 7.17. The molecule has 0 radical (unpaired) electrons. The molecule has 1 aliphatic heterocycles. The summed E-state index contributed by atoms with van der Waals surface area (Å²) in [5.74, 6) is -0.112. The lowest BCUT2D eigenvalue weighted by molar-refractivity contribution is -0.125. The summed E-state index contributed by atoms with van der Waals surface area (Å²) >= 11 is 7.07. The van der Waals surface area contributed by atoms with Gasteiger partial charge in [-0.25, -0.2) is 4.98 Å². The molecular weight excluding hydrogens is 302 g/mol. The summed E-state index contributed by atoms with van der Waals surface area (Å²) in [5.41, 5.74) is 0. The Labute approximate surface area is 126 Å². The second-order valence-electron chi connectivity index (χ2n) is 4.72. The lowest BCUT2D eigenvalue weighted by Crippen LogP contribution is -2.55. The van der Waals surface area contributed by atoms with Crippen LogP contribution in [-0.4, -0.2) is 49.0 Å². The first-order chi connectivity index (χ1) is 9.52. The number of aldehydes is 1. The molecule has 1 atom stereocenters. The number of nitrogens with zero attached hydrogens (tertiary/aromatic N) is 2. The lowest BCUT2D eigenvalue weighted by atomic mass is 10.2. The number of aromatic nitrogens is 1. The lowest BCUT2D eigenvalue weighted by Gasteiger charge is -2.34. The van der Waals surface area contributed by atoms with Gasteiger partial charge >= 0.3 is 0 Å². The molecule has 2 heterocycles. The molecule has 1 fully saturated rings. The Kier molecular flexibility index (Phi) is 4.95. The van der Waals surface area contributed by atoms with E-state index in [1.54, 1.807) is 0 Å². The minimum atomic E-state index is -0.451. The number of morpholine rings is 1. The summed E-state index contributed by atoms with van der Waals surface area (Å²) in [6.07, 6.45) is 0.674. The van der Waals surface area contributed by atoms with Gasteiger partial charge in [-0.2, -0.15) is 0 Å². The van der Waals surface area contributed by atoms with Crippen LogP contribution in [0.2, 0.25) is 5.15 Å². The Hall–Kier alpha value is -1.18. The van der Waals surface area contributed by atoms with E-state index < -0.39 is 6.04 Å². The van der Waals surface area contributed by atoms with Gasteiger partial charge in [-0.3, -0.25) is 9.59 Å². The highest BCUT2D eigenvalue weighted by atomic mass is 35.5. The molecule has 1 aliphatic rings. The first kappa shape index (κ1) is 15.2. The maximum absolute atomic E-state index is 12.2. The predicted octanol–water partition coefficient (Wildman–Crippen LogP) is 1.34. The fourth-order valence-corrected chi connectivity index (χ4v) is 3.07. The normalized spacial score (nSPS) is 19.2. The van der Waals surface area contributed by atoms with Gasteiger partial charge in [0, 0.05) is 12.6 Å². The van der Waals surface area contributed by atoms with E-state index in [9.17, 15) is 9.59 Å². The van der Waals surface area contributed by atoms with Crippen molar-refractivity contribution in [3.63, 3.8) is 0 Å². The number of thiazole rings is 1. The molecule has 6 nitrogen and oxygen atoms in total. The van der Waals surface area contributed by atoms with Crippen LogP contribution in [0, 0.1) is 0 Å². The molecule has 1 saturated heterocycles. The summed E-state index contributed by atoms with van der Waals surface area (Å²) in [5, 5.41) is 3.61. The number of rotatable bonds is 4. The molecule has 1 amide bonds. The van der Waals surface area contributed by atoms with Gasteiger partial charge in [-0.15, -0.1) is 0 Å². The second kappa shape index (κ2) is 6.51. The molecule has 2 rings (SSSR count). The number of ether oxygens (including phenoxy) is 1. The van der Waals surface area contributed by atoms with Gasteiger partial charge < -0.3 is 15.0 Å². The van der Waals surface area contributed by atoms with E-state index in [1.165, 1.54) is 11.3 Å². The SMILES string of the molecule is CC(C)NC(=O)C1COCCN1c1nc(Cl)c(C=O)s1. The molecule has 0 aliphatic carbocycles. The van der Waals surface area contributed by atoms with Gasteiger partial charge in [-0.1, -0.05) is 22.9 Å². The van der Waals surface area contributed by atoms with Crippen LogP contribution in [0.3, 0.4) is 0 Å². The van der Waals surface area contributed by atoms with Crippen LogP contribution in [0.1, 0.15) is 23.5 Å². The largest absolute Gasteiger partial charge is 0.377 e. The summed E-state index contributed by atoms with van der Waals surface area (Å²) < 4.78 is 5.37. The average Bonchev–Trinajstić information content (AvgIpc) is 2.79. The van der Waals surface area contributed by atoms with E-state index >= 15 is 0 Å². The first-order valence-corrected chi connectivity index (χ1v) is 7.48. The number of halogens is 1. The quantitative estimate of drug-likeness (QED) is 0.849. The van der Waals surface area contributed by atoms with Crippen molar-refractivity contribution in [1.29, 1.82) is 0 Å². The maximum Gasteiger partial charge on any atom is 0.245 e. The van der Waals surface area contributed by atoms with Crippen LogP contribution < -0.4 is 10.2 Å². The first-order valence-electron chi connectivity index (χ1n) is 6.29. The number of nitrogens with one attached hydrogen (secondary N) is 1. The van der Waals surface area contributed by atoms with Gasteiger partial charge in [0.25, 0.3) is 0 Å². The molecule has 0 aromatic carbocycles.